The third-order valence-electron chi connectivity index (χ3n) is 4.57. The fraction of sp³-hybridized carbons (Fsp3) is 0.524. The van der Waals surface area contributed by atoms with Crippen LogP contribution in [0.15, 0.2) is 12.1 Å². The third-order valence-corrected chi connectivity index (χ3v) is 4.57. The molecule has 0 spiro atoms. The Kier molecular flexibility index (Phi) is 11.2. The first-order chi connectivity index (χ1) is 16.6. The van der Waals surface area contributed by atoms with Crippen LogP contribution in [0.2, 0.25) is 0 Å². The molecule has 0 radical (unpaired) electrons. The number of benzene rings is 1. The van der Waals surface area contributed by atoms with Crippen molar-refractivity contribution < 1.29 is 45.8 Å². The minimum absolute atomic E-state index is 0. The number of nitrogens with one attached hydrogen (secondary N) is 2. The number of aromatic nitrogens is 3. The molecule has 3 rings (SSSR count). The molecule has 1 aliphatic heterocycles. The van der Waals surface area contributed by atoms with Crippen molar-refractivity contribution in [2.75, 3.05) is 6.54 Å². The van der Waals surface area contributed by atoms with Crippen molar-refractivity contribution in [2.24, 2.45) is 0 Å². The molecule has 1 atom stereocenters. The van der Waals surface area contributed by atoms with E-state index in [1.807, 2.05) is 0 Å². The number of hydrogen-bond acceptors (Lipinski definition) is 6. The number of nitrogens with zero attached hydrogens (tertiary/aromatic N) is 3. The highest BCUT2D eigenvalue weighted by Crippen LogP contribution is 2.28. The molecule has 1 aliphatic rings. The molecule has 0 unspecified atom stereocenters. The summed E-state index contributed by atoms with van der Waals surface area (Å²) in [6.45, 7) is 6.00. The van der Waals surface area contributed by atoms with E-state index < -0.39 is 59.6 Å². The average Bonchev–Trinajstić information content (AvgIpc) is 3.15. The number of carbonyl (C=O) groups is 2. The second kappa shape index (κ2) is 12.9. The van der Waals surface area contributed by atoms with Crippen molar-refractivity contribution in [3.63, 3.8) is 0 Å². The lowest BCUT2D eigenvalue weighted by Crippen LogP contribution is -2.41. The smallest absolute Gasteiger partial charge is 0.451 e. The van der Waals surface area contributed by atoms with Crippen molar-refractivity contribution >= 4 is 24.5 Å². The molecule has 1 aromatic carbocycles. The lowest BCUT2D eigenvalue weighted by Gasteiger charge is -2.23. The first-order valence-corrected chi connectivity index (χ1v) is 10.6. The minimum atomic E-state index is -4.40. The van der Waals surface area contributed by atoms with Gasteiger partial charge in [0.2, 0.25) is 5.82 Å². The van der Waals surface area contributed by atoms with E-state index in [-0.39, 0.29) is 30.9 Å². The number of amides is 1. The zero-order valence-electron chi connectivity index (χ0n) is 20.0. The second-order valence-corrected chi connectivity index (χ2v) is 8.77. The number of aliphatic carboxylic acids is 1. The number of hydrogen-bond donors (Lipinski definition) is 3. The van der Waals surface area contributed by atoms with Crippen LogP contribution >= 0.6 is 12.4 Å². The minimum Gasteiger partial charge on any atom is -0.481 e. The molecule has 0 fully saturated rings. The Morgan fingerprint density at radius 3 is 2.32 bits per heavy atom. The van der Waals surface area contributed by atoms with Gasteiger partial charge in [-0.2, -0.15) is 13.2 Å². The van der Waals surface area contributed by atoms with Gasteiger partial charge in [-0.05, 0) is 38.8 Å². The Morgan fingerprint density at radius 1 is 1.14 bits per heavy atom. The summed E-state index contributed by atoms with van der Waals surface area (Å²) in [5.74, 6) is -5.42. The summed E-state index contributed by atoms with van der Waals surface area (Å²) in [5.41, 5.74) is -1.04. The van der Waals surface area contributed by atoms with Gasteiger partial charge in [0.1, 0.15) is 17.2 Å². The zero-order valence-corrected chi connectivity index (χ0v) is 20.8. The van der Waals surface area contributed by atoms with E-state index in [0.29, 0.717) is 31.0 Å². The molecule has 0 saturated carbocycles. The van der Waals surface area contributed by atoms with E-state index in [1.54, 1.807) is 20.8 Å². The molecule has 37 heavy (non-hydrogen) atoms. The lowest BCUT2D eigenvalue weighted by atomic mass is 10.0. The van der Waals surface area contributed by atoms with Gasteiger partial charge in [-0.1, -0.05) is 0 Å². The highest BCUT2D eigenvalue weighted by atomic mass is 35.5. The summed E-state index contributed by atoms with van der Waals surface area (Å²) in [5, 5.41) is 20.6. The maximum Gasteiger partial charge on any atom is 0.451 e. The second-order valence-electron chi connectivity index (χ2n) is 8.77. The summed E-state index contributed by atoms with van der Waals surface area (Å²) in [6, 6.07) is -0.0339. The van der Waals surface area contributed by atoms with Crippen molar-refractivity contribution in [1.29, 1.82) is 0 Å². The number of rotatable bonds is 5. The molecular weight excluding hydrogens is 536 g/mol. The molecule has 2 heterocycles. The van der Waals surface area contributed by atoms with E-state index in [9.17, 15) is 35.9 Å². The SMILES string of the molecule is CC(C)(C)OC(=O)N[C@@H](CC(=O)O)Cc1cc(F)c(F)cc1F.Cl.FC(F)(F)c1nnc2n1CCNC2. The summed E-state index contributed by atoms with van der Waals surface area (Å²) in [7, 11) is 0. The number of ether oxygens (including phenoxy) is 1. The number of alkyl carbamates (subject to hydrolysis) is 1. The first-order valence-electron chi connectivity index (χ1n) is 10.6. The molecule has 1 amide bonds. The molecule has 9 nitrogen and oxygen atoms in total. The molecule has 3 N–H and O–H groups in total. The topological polar surface area (TPSA) is 118 Å². The van der Waals surface area contributed by atoms with Gasteiger partial charge in [-0.15, -0.1) is 22.6 Å². The average molecular weight is 562 g/mol. The van der Waals surface area contributed by atoms with E-state index in [0.717, 1.165) is 4.57 Å². The Hall–Kier alpha value is -3.07. The predicted octanol–water partition coefficient (Wildman–Crippen LogP) is 3.84. The van der Waals surface area contributed by atoms with E-state index in [2.05, 4.69) is 20.8 Å². The van der Waals surface area contributed by atoms with Crippen LogP contribution in [-0.2, 0) is 35.2 Å². The quantitative estimate of drug-likeness (QED) is 0.375. The van der Waals surface area contributed by atoms with Gasteiger partial charge in [0, 0.05) is 25.2 Å². The van der Waals surface area contributed by atoms with E-state index in [4.69, 9.17) is 9.84 Å². The van der Waals surface area contributed by atoms with Gasteiger partial charge >= 0.3 is 18.2 Å². The molecular formula is C21H26ClF6N5O4. The number of alkyl halides is 3. The van der Waals surface area contributed by atoms with Gasteiger partial charge < -0.3 is 25.0 Å². The van der Waals surface area contributed by atoms with Gasteiger partial charge in [-0.3, -0.25) is 4.79 Å². The molecule has 1 aromatic heterocycles. The fourth-order valence-electron chi connectivity index (χ4n) is 3.15. The first kappa shape index (κ1) is 32.0. The van der Waals surface area contributed by atoms with E-state index in [1.165, 1.54) is 0 Å². The van der Waals surface area contributed by atoms with Gasteiger partial charge in [-0.25, -0.2) is 18.0 Å². The summed E-state index contributed by atoms with van der Waals surface area (Å²) < 4.78 is 82.6. The van der Waals surface area contributed by atoms with Crippen molar-refractivity contribution in [3.8, 4) is 0 Å². The maximum absolute atomic E-state index is 13.6. The van der Waals surface area contributed by atoms with Gasteiger partial charge in [0.15, 0.2) is 11.6 Å². The monoisotopic (exact) mass is 561 g/mol. The lowest BCUT2D eigenvalue weighted by molar-refractivity contribution is -0.147. The third kappa shape index (κ3) is 10.1. The van der Waals surface area contributed by atoms with Crippen LogP contribution in [0, 0.1) is 17.5 Å². The standard InChI is InChI=1S/C15H18F3NO4.C6H7F3N4.ClH/c1-15(2,3)23-14(22)19-9(6-13(20)21)4-8-5-11(17)12(18)7-10(8)16;7-6(8,9)5-12-11-4-3-10-1-2-13(4)5;/h5,7,9H,4,6H2,1-3H3,(H,19,22)(H,20,21);10H,1-3H2;1H/t9-;;/m1../s1. The van der Waals surface area contributed by atoms with Gasteiger partial charge in [0.05, 0.1) is 13.0 Å². The van der Waals surface area contributed by atoms with Crippen molar-refractivity contribution in [1.82, 2.24) is 25.4 Å². The van der Waals surface area contributed by atoms with Crippen molar-refractivity contribution in [3.05, 3.63) is 46.8 Å². The number of halogens is 7. The number of carboxylic acids is 1. The Morgan fingerprint density at radius 2 is 1.76 bits per heavy atom. The molecule has 0 saturated heterocycles. The Bertz CT molecular complexity index is 1090. The van der Waals surface area contributed by atoms with Crippen LogP contribution in [0.1, 0.15) is 44.4 Å². The molecule has 16 heteroatoms. The van der Waals surface area contributed by atoms with Crippen LogP contribution in [0.5, 0.6) is 0 Å². The zero-order chi connectivity index (χ0) is 27.3. The molecule has 2 aromatic rings. The molecule has 0 bridgehead atoms. The Labute approximate surface area is 214 Å². The van der Waals surface area contributed by atoms with Gasteiger partial charge in [0.25, 0.3) is 0 Å². The Balaban J connectivity index is 0.000000412. The van der Waals surface area contributed by atoms with Crippen molar-refractivity contribution in [2.45, 2.75) is 64.5 Å². The van der Waals surface area contributed by atoms with E-state index >= 15 is 0 Å². The summed E-state index contributed by atoms with van der Waals surface area (Å²) in [6.07, 6.45) is -6.14. The predicted molar refractivity (Wildman–Crippen MR) is 119 cm³/mol. The van der Waals surface area contributed by atoms with Crippen LogP contribution in [0.3, 0.4) is 0 Å². The van der Waals surface area contributed by atoms with Crippen LogP contribution in [0.25, 0.3) is 0 Å². The van der Waals surface area contributed by atoms with Crippen LogP contribution in [-0.4, -0.2) is 50.1 Å². The summed E-state index contributed by atoms with van der Waals surface area (Å²) >= 11 is 0. The maximum atomic E-state index is 13.6. The van der Waals surface area contributed by atoms with Crippen LogP contribution < -0.4 is 10.6 Å². The molecule has 208 valence electrons. The molecule has 0 aliphatic carbocycles. The largest absolute Gasteiger partial charge is 0.481 e. The number of fused-ring (bicyclic) bond motifs is 1. The normalized spacial score (nSPS) is 13.9. The van der Waals surface area contributed by atoms with Crippen LogP contribution in [0.4, 0.5) is 31.1 Å². The highest BCUT2D eigenvalue weighted by Gasteiger charge is 2.38. The number of carbonyl (C=O) groups excluding carboxylic acids is 1. The summed E-state index contributed by atoms with van der Waals surface area (Å²) in [4.78, 5) is 22.5. The fourth-order valence-corrected chi connectivity index (χ4v) is 3.15. The number of carboxylic acid groups (broad SMARTS) is 1. The highest BCUT2D eigenvalue weighted by molar-refractivity contribution is 5.85.